The van der Waals surface area contributed by atoms with Crippen molar-refractivity contribution in [2.45, 2.75) is 38.1 Å². The van der Waals surface area contributed by atoms with E-state index < -0.39 is 0 Å². The van der Waals surface area contributed by atoms with Gasteiger partial charge in [0.2, 0.25) is 0 Å². The van der Waals surface area contributed by atoms with Crippen molar-refractivity contribution in [3.05, 3.63) is 28.2 Å². The second-order valence-electron chi connectivity index (χ2n) is 6.17. The highest BCUT2D eigenvalue weighted by molar-refractivity contribution is 9.10. The number of benzene rings is 1. The number of rotatable bonds is 3. The van der Waals surface area contributed by atoms with Crippen molar-refractivity contribution >= 4 is 22.1 Å². The summed E-state index contributed by atoms with van der Waals surface area (Å²) < 4.78 is 0.725. The lowest BCUT2D eigenvalue weighted by Crippen LogP contribution is -2.48. The highest BCUT2D eigenvalue weighted by Crippen LogP contribution is 2.31. The second kappa shape index (κ2) is 6.93. The Labute approximate surface area is 135 Å². The lowest BCUT2D eigenvalue weighted by molar-refractivity contribution is 0.0635. The van der Waals surface area contributed by atoms with Gasteiger partial charge in [-0.05, 0) is 72.8 Å². The smallest absolute Gasteiger partial charge is 0.138 e. The van der Waals surface area contributed by atoms with E-state index in [9.17, 15) is 5.11 Å². The quantitative estimate of drug-likeness (QED) is 0.840. The molecule has 0 aromatic heterocycles. The van der Waals surface area contributed by atoms with Gasteiger partial charge in [-0.2, -0.15) is 0 Å². The Hall–Kier alpha value is -0.870. The van der Waals surface area contributed by atoms with Crippen LogP contribution in [0.1, 0.15) is 37.7 Å². The van der Waals surface area contributed by atoms with Crippen molar-refractivity contribution in [2.75, 3.05) is 19.6 Å². The van der Waals surface area contributed by atoms with Crippen molar-refractivity contribution in [3.8, 4) is 5.75 Å². The summed E-state index contributed by atoms with van der Waals surface area (Å²) in [5.41, 5.74) is 0.792. The molecule has 0 radical (unpaired) electrons. The minimum Gasteiger partial charge on any atom is -0.506 e. The van der Waals surface area contributed by atoms with E-state index in [0.29, 0.717) is 5.92 Å². The van der Waals surface area contributed by atoms with E-state index in [2.05, 4.69) is 25.8 Å². The molecular weight excluding hydrogens is 328 g/mol. The molecule has 0 spiro atoms. The average Bonchev–Trinajstić information content (AvgIpc) is 2.52. The lowest BCUT2D eigenvalue weighted by atomic mass is 9.83. The number of piperidine rings is 2. The molecule has 3 nitrogen and oxygen atoms in total. The second-order valence-corrected chi connectivity index (χ2v) is 7.03. The zero-order chi connectivity index (χ0) is 14.7. The Morgan fingerprint density at radius 1 is 1.24 bits per heavy atom. The van der Waals surface area contributed by atoms with Crippen LogP contribution in [0.4, 0.5) is 0 Å². The van der Waals surface area contributed by atoms with Gasteiger partial charge < -0.3 is 10.0 Å². The van der Waals surface area contributed by atoms with Gasteiger partial charge in [0.1, 0.15) is 5.75 Å². The summed E-state index contributed by atoms with van der Waals surface area (Å²) in [7, 11) is 0. The maximum Gasteiger partial charge on any atom is 0.138 e. The molecule has 0 unspecified atom stereocenters. The van der Waals surface area contributed by atoms with Crippen molar-refractivity contribution in [1.29, 1.82) is 0 Å². The number of nitrogens with zero attached hydrogens (tertiary/aromatic N) is 2. The van der Waals surface area contributed by atoms with Gasteiger partial charge >= 0.3 is 0 Å². The summed E-state index contributed by atoms with van der Waals surface area (Å²) >= 11 is 3.34. The number of fused-ring (bicyclic) bond motifs is 1. The fourth-order valence-electron chi connectivity index (χ4n) is 3.71. The SMILES string of the molecule is Oc1c(Br)cccc1C=NC[C@@H]1CCCN2CCCC[C@H]12. The van der Waals surface area contributed by atoms with E-state index in [-0.39, 0.29) is 5.75 Å². The van der Waals surface area contributed by atoms with Crippen molar-refractivity contribution in [1.82, 2.24) is 4.90 Å². The summed E-state index contributed by atoms with van der Waals surface area (Å²) in [5, 5.41) is 9.98. The van der Waals surface area contributed by atoms with E-state index in [1.165, 1.54) is 45.2 Å². The fraction of sp³-hybridized carbons (Fsp3) is 0.588. The minimum atomic E-state index is 0.282. The molecule has 2 aliphatic rings. The predicted octanol–water partition coefficient (Wildman–Crippen LogP) is 3.84. The average molecular weight is 351 g/mol. The first-order valence-electron chi connectivity index (χ1n) is 7.97. The van der Waals surface area contributed by atoms with Gasteiger partial charge in [0.05, 0.1) is 4.47 Å². The lowest BCUT2D eigenvalue weighted by Gasteiger charge is -2.43. The molecule has 2 fully saturated rings. The van der Waals surface area contributed by atoms with E-state index in [1.54, 1.807) is 0 Å². The number of hydrogen-bond acceptors (Lipinski definition) is 3. The van der Waals surface area contributed by atoms with Gasteiger partial charge in [0, 0.05) is 24.4 Å². The van der Waals surface area contributed by atoms with Crippen molar-refractivity contribution in [3.63, 3.8) is 0 Å². The summed E-state index contributed by atoms with van der Waals surface area (Å²) in [4.78, 5) is 7.30. The number of aliphatic imine (C=N–C) groups is 1. The van der Waals surface area contributed by atoms with Gasteiger partial charge in [-0.1, -0.05) is 12.5 Å². The van der Waals surface area contributed by atoms with Crippen LogP contribution in [0.2, 0.25) is 0 Å². The minimum absolute atomic E-state index is 0.282. The van der Waals surface area contributed by atoms with E-state index in [1.807, 2.05) is 24.4 Å². The van der Waals surface area contributed by atoms with Crippen LogP contribution in [-0.2, 0) is 0 Å². The molecule has 0 aliphatic carbocycles. The Morgan fingerprint density at radius 3 is 3.00 bits per heavy atom. The third-order valence-corrected chi connectivity index (χ3v) is 5.46. The van der Waals surface area contributed by atoms with Crippen LogP contribution < -0.4 is 0 Å². The molecule has 1 aromatic rings. The topological polar surface area (TPSA) is 35.8 Å². The number of phenolic OH excluding ortho intramolecular Hbond substituents is 1. The van der Waals surface area contributed by atoms with Crippen molar-refractivity contribution in [2.24, 2.45) is 10.9 Å². The first kappa shape index (κ1) is 15.0. The molecule has 0 saturated carbocycles. The maximum absolute atomic E-state index is 9.98. The number of phenols is 1. The van der Waals surface area contributed by atoms with Gasteiger partial charge in [0.25, 0.3) is 0 Å². The number of aromatic hydroxyl groups is 1. The molecule has 2 aliphatic heterocycles. The third kappa shape index (κ3) is 3.49. The standard InChI is InChI=1S/C17H23BrN2O/c18-15-7-3-5-14(17(15)21)12-19-11-13-6-4-10-20-9-2-1-8-16(13)20/h3,5,7,12-13,16,21H,1-2,4,6,8-11H2/t13-,16+/m0/s1. The zero-order valence-corrected chi connectivity index (χ0v) is 13.9. The fourth-order valence-corrected chi connectivity index (χ4v) is 4.09. The van der Waals surface area contributed by atoms with E-state index in [4.69, 9.17) is 0 Å². The monoisotopic (exact) mass is 350 g/mol. The highest BCUT2D eigenvalue weighted by atomic mass is 79.9. The molecular formula is C17H23BrN2O. The summed E-state index contributed by atoms with van der Waals surface area (Å²) in [5.74, 6) is 0.966. The first-order valence-corrected chi connectivity index (χ1v) is 8.76. The summed E-state index contributed by atoms with van der Waals surface area (Å²) in [6, 6.07) is 6.40. The van der Waals surface area contributed by atoms with Gasteiger partial charge in [-0.15, -0.1) is 0 Å². The van der Waals surface area contributed by atoms with Gasteiger partial charge in [-0.3, -0.25) is 4.99 Å². The molecule has 2 atom stereocenters. The third-order valence-electron chi connectivity index (χ3n) is 4.82. The zero-order valence-electron chi connectivity index (χ0n) is 12.3. The molecule has 114 valence electrons. The Kier molecular flexibility index (Phi) is 4.96. The summed E-state index contributed by atoms with van der Waals surface area (Å²) in [6.45, 7) is 3.43. The molecule has 21 heavy (non-hydrogen) atoms. The molecule has 2 heterocycles. The number of para-hydroxylation sites is 1. The van der Waals surface area contributed by atoms with Crippen LogP contribution in [0, 0.1) is 5.92 Å². The van der Waals surface area contributed by atoms with Crippen LogP contribution in [-0.4, -0.2) is 41.9 Å². The number of halogens is 1. The van der Waals surface area contributed by atoms with Crippen LogP contribution in [0.3, 0.4) is 0 Å². The molecule has 1 aromatic carbocycles. The molecule has 0 bridgehead atoms. The first-order chi connectivity index (χ1) is 10.3. The van der Waals surface area contributed by atoms with Crippen LogP contribution >= 0.6 is 15.9 Å². The number of hydrogen-bond donors (Lipinski definition) is 1. The molecule has 3 rings (SSSR count). The molecule has 4 heteroatoms. The van der Waals surface area contributed by atoms with Crippen LogP contribution in [0.5, 0.6) is 5.75 Å². The maximum atomic E-state index is 9.98. The normalized spacial score (nSPS) is 26.9. The van der Waals surface area contributed by atoms with Gasteiger partial charge in [-0.25, -0.2) is 0 Å². The van der Waals surface area contributed by atoms with E-state index in [0.717, 1.165) is 22.6 Å². The van der Waals surface area contributed by atoms with Crippen molar-refractivity contribution < 1.29 is 5.11 Å². The van der Waals surface area contributed by atoms with Crippen LogP contribution in [0.25, 0.3) is 0 Å². The summed E-state index contributed by atoms with van der Waals surface area (Å²) in [6.07, 6.45) is 8.48. The Bertz CT molecular complexity index is 516. The largest absolute Gasteiger partial charge is 0.506 e. The van der Waals surface area contributed by atoms with Gasteiger partial charge in [0.15, 0.2) is 0 Å². The molecule has 1 N–H and O–H groups in total. The predicted molar refractivity (Wildman–Crippen MR) is 90.2 cm³/mol. The molecule has 0 amide bonds. The highest BCUT2D eigenvalue weighted by Gasteiger charge is 2.32. The Morgan fingerprint density at radius 2 is 2.10 bits per heavy atom. The molecule has 2 saturated heterocycles. The van der Waals surface area contributed by atoms with E-state index >= 15 is 0 Å². The Balaban J connectivity index is 1.63. The van der Waals surface area contributed by atoms with Crippen LogP contribution in [0.15, 0.2) is 27.7 Å².